The van der Waals surface area contributed by atoms with Crippen molar-refractivity contribution in [2.24, 2.45) is 0 Å². The van der Waals surface area contributed by atoms with Crippen molar-refractivity contribution in [2.45, 2.75) is 25.8 Å². The van der Waals surface area contributed by atoms with Crippen molar-refractivity contribution >= 4 is 38.3 Å². The van der Waals surface area contributed by atoms with Crippen LogP contribution in [0.5, 0.6) is 0 Å². The molecule has 0 bridgehead atoms. The van der Waals surface area contributed by atoms with Gasteiger partial charge in [-0.15, -0.1) is 0 Å². The monoisotopic (exact) mass is 540 g/mol. The van der Waals surface area contributed by atoms with Crippen molar-refractivity contribution in [3.05, 3.63) is 65.2 Å². The van der Waals surface area contributed by atoms with Gasteiger partial charge in [0.2, 0.25) is 20.8 Å². The maximum atomic E-state index is 12.8. The van der Waals surface area contributed by atoms with Crippen LogP contribution < -0.4 is 4.90 Å². The predicted octanol–water partition coefficient (Wildman–Crippen LogP) is 1.06. The number of hydrogen-bond donors (Lipinski definition) is 0. The third-order valence-corrected chi connectivity index (χ3v) is 6.52. The Bertz CT molecular complexity index is 1240. The first-order chi connectivity index (χ1) is 16.9. The van der Waals surface area contributed by atoms with E-state index in [1.54, 1.807) is 48.5 Å². The number of rotatable bonds is 13. The van der Waals surface area contributed by atoms with Crippen LogP contribution in [-0.2, 0) is 35.6 Å². The maximum absolute atomic E-state index is 12.8. The summed E-state index contributed by atoms with van der Waals surface area (Å²) in [5.41, 5.74) is 2.05. The third-order valence-electron chi connectivity index (χ3n) is 5.61. The zero-order valence-electron chi connectivity index (χ0n) is 19.2. The highest BCUT2D eigenvalue weighted by molar-refractivity contribution is 7.81. The summed E-state index contributed by atoms with van der Waals surface area (Å²) in [5.74, 6) is -0.682. The highest BCUT2D eigenvalue weighted by Gasteiger charge is 2.38. The molecule has 2 aromatic rings. The second-order valence-electron chi connectivity index (χ2n) is 7.91. The van der Waals surface area contributed by atoms with E-state index in [9.17, 15) is 35.5 Å². The lowest BCUT2D eigenvalue weighted by Gasteiger charge is -2.27. The maximum Gasteiger partial charge on any atom is 0.261 e. The molecule has 0 saturated carbocycles. The lowest BCUT2D eigenvalue weighted by Crippen LogP contribution is -2.40. The summed E-state index contributed by atoms with van der Waals surface area (Å²) in [5, 5.41) is 0. The molecule has 1 aliphatic heterocycles. The summed E-state index contributed by atoms with van der Waals surface area (Å²) >= 11 is 0. The molecule has 2 amide bonds. The molecule has 12 nitrogen and oxygen atoms in total. The van der Waals surface area contributed by atoms with E-state index in [2.05, 4.69) is 8.37 Å². The third kappa shape index (κ3) is 7.32. The zero-order chi connectivity index (χ0) is 26.5. The second kappa shape index (κ2) is 11.5. The fourth-order valence-corrected chi connectivity index (χ4v) is 4.50. The molecule has 196 valence electrons. The zero-order valence-corrected chi connectivity index (χ0v) is 20.9. The molecule has 2 aromatic carbocycles. The Morgan fingerprint density at radius 1 is 0.833 bits per heavy atom. The topological polar surface area (TPSA) is 173 Å². The van der Waals surface area contributed by atoms with E-state index in [0.29, 0.717) is 29.7 Å². The first-order valence-corrected chi connectivity index (χ1v) is 13.6. The number of fused-ring (bicyclic) bond motifs is 1. The largest absolute Gasteiger partial charge is 0.726 e. The highest BCUT2D eigenvalue weighted by atomic mass is 32.3. The lowest BCUT2D eigenvalue weighted by molar-refractivity contribution is 0.0579. The fraction of sp³-hybridized carbons (Fsp3) is 0.364. The smallest absolute Gasteiger partial charge is 0.261 e. The van der Waals surface area contributed by atoms with Gasteiger partial charge in [-0.05, 0) is 42.7 Å². The van der Waals surface area contributed by atoms with Gasteiger partial charge in [0.15, 0.2) is 0 Å². The van der Waals surface area contributed by atoms with Crippen LogP contribution in [-0.4, -0.2) is 75.0 Å². The molecule has 1 heterocycles. The summed E-state index contributed by atoms with van der Waals surface area (Å²) in [6.45, 7) is 0.634. The van der Waals surface area contributed by atoms with Crippen molar-refractivity contribution in [3.63, 3.8) is 0 Å². The van der Waals surface area contributed by atoms with E-state index in [0.717, 1.165) is 5.56 Å². The lowest BCUT2D eigenvalue weighted by atomic mass is 10.0. The molecule has 0 fully saturated rings. The van der Waals surface area contributed by atoms with E-state index in [1.165, 1.54) is 9.80 Å². The van der Waals surface area contributed by atoms with Crippen LogP contribution in [0.1, 0.15) is 39.6 Å². The van der Waals surface area contributed by atoms with Crippen LogP contribution in [0.2, 0.25) is 0 Å². The number of imide groups is 1. The summed E-state index contributed by atoms with van der Waals surface area (Å²) in [6.07, 6.45) is 0.915. The number of amides is 2. The Hall–Kier alpha value is -2.88. The minimum atomic E-state index is -4.92. The van der Waals surface area contributed by atoms with Crippen LogP contribution in [0.3, 0.4) is 0 Å². The van der Waals surface area contributed by atoms with Crippen LogP contribution in [0.4, 0.5) is 5.69 Å². The summed E-state index contributed by atoms with van der Waals surface area (Å²) in [7, 11) is -9.84. The molecular weight excluding hydrogens is 516 g/mol. The Morgan fingerprint density at radius 2 is 1.31 bits per heavy atom. The molecule has 0 aromatic heterocycles. The van der Waals surface area contributed by atoms with E-state index < -0.39 is 34.0 Å². The van der Waals surface area contributed by atoms with Crippen LogP contribution >= 0.6 is 0 Å². The Labute approximate surface area is 209 Å². The molecule has 1 atom stereocenters. The Morgan fingerprint density at radius 3 is 1.72 bits per heavy atom. The van der Waals surface area contributed by atoms with Gasteiger partial charge in [-0.3, -0.25) is 22.9 Å². The molecule has 0 saturated heterocycles. The predicted molar refractivity (Wildman–Crippen MR) is 125 cm³/mol. The number of anilines is 1. The number of hydrogen-bond acceptors (Lipinski definition) is 11. The molecular formula is C22H24N2O10S2-2. The fourth-order valence-electron chi connectivity index (χ4n) is 3.94. The Kier molecular flexibility index (Phi) is 8.81. The first-order valence-electron chi connectivity index (χ1n) is 10.9. The van der Waals surface area contributed by atoms with Crippen LogP contribution in [0.25, 0.3) is 0 Å². The number of benzene rings is 2. The van der Waals surface area contributed by atoms with E-state index in [-0.39, 0.29) is 30.9 Å². The van der Waals surface area contributed by atoms with Gasteiger partial charge in [0, 0.05) is 24.8 Å². The van der Waals surface area contributed by atoms with E-state index >= 15 is 0 Å². The Balaban J connectivity index is 1.71. The minimum absolute atomic E-state index is 0.115. The van der Waals surface area contributed by atoms with E-state index in [4.69, 9.17) is 0 Å². The normalized spacial score (nSPS) is 14.7. The van der Waals surface area contributed by atoms with Gasteiger partial charge in [-0.25, -0.2) is 16.8 Å². The van der Waals surface area contributed by atoms with E-state index in [1.807, 2.05) is 6.92 Å². The average molecular weight is 541 g/mol. The van der Waals surface area contributed by atoms with Gasteiger partial charge in [-0.1, -0.05) is 31.2 Å². The quantitative estimate of drug-likeness (QED) is 0.202. The van der Waals surface area contributed by atoms with Crippen molar-refractivity contribution in [3.8, 4) is 0 Å². The molecule has 0 aliphatic carbocycles. The summed E-state index contributed by atoms with van der Waals surface area (Å²) < 4.78 is 72.6. The van der Waals surface area contributed by atoms with Crippen molar-refractivity contribution in [1.82, 2.24) is 4.90 Å². The van der Waals surface area contributed by atoms with Gasteiger partial charge < -0.3 is 14.0 Å². The number of nitrogens with zero attached hydrogens (tertiary/aromatic N) is 2. The molecule has 36 heavy (non-hydrogen) atoms. The standard InChI is InChI=1S/C22H26N2O10S2/c1-2-17(24-21(25)19-5-3-4-6-20(19)22(24)26)15-16-7-9-18(10-8-16)23(11-13-33-35(27,28)29)12-14-34-36(30,31)32/h3-10,17H,2,11-15H2,1H3,(H,27,28,29)(H,30,31,32)/p-2/t17-/m1/s1. The van der Waals surface area contributed by atoms with Crippen LogP contribution in [0.15, 0.2) is 48.5 Å². The molecule has 14 heteroatoms. The average Bonchev–Trinajstić information content (AvgIpc) is 3.06. The minimum Gasteiger partial charge on any atom is -0.726 e. The molecule has 3 rings (SSSR count). The molecule has 0 N–H and O–H groups in total. The van der Waals surface area contributed by atoms with Gasteiger partial charge in [0.1, 0.15) is 0 Å². The molecule has 0 unspecified atom stereocenters. The number of carbonyl (C=O) groups excluding carboxylic acids is 2. The number of carbonyl (C=O) groups is 2. The SMILES string of the molecule is CC[C@H](Cc1ccc(N(CCOS(=O)(=O)[O-])CCOS(=O)(=O)[O-])cc1)N1C(=O)c2ccccc2C1=O. The van der Waals surface area contributed by atoms with Crippen molar-refractivity contribution < 1.29 is 43.9 Å². The van der Waals surface area contributed by atoms with Gasteiger partial charge in [0.25, 0.3) is 11.8 Å². The molecule has 0 radical (unpaired) electrons. The summed E-state index contributed by atoms with van der Waals surface area (Å²) in [4.78, 5) is 28.4. The second-order valence-corrected chi connectivity index (χ2v) is 10.0. The first kappa shape index (κ1) is 27.7. The van der Waals surface area contributed by atoms with Gasteiger partial charge >= 0.3 is 0 Å². The highest BCUT2D eigenvalue weighted by Crippen LogP contribution is 2.27. The van der Waals surface area contributed by atoms with Crippen molar-refractivity contribution in [2.75, 3.05) is 31.2 Å². The van der Waals surface area contributed by atoms with Gasteiger partial charge in [0.05, 0.1) is 24.3 Å². The molecule has 1 aliphatic rings. The van der Waals surface area contributed by atoms with Gasteiger partial charge in [-0.2, -0.15) is 0 Å². The van der Waals surface area contributed by atoms with Crippen molar-refractivity contribution in [1.29, 1.82) is 0 Å². The van der Waals surface area contributed by atoms with Crippen LogP contribution in [0, 0.1) is 0 Å². The molecule has 0 spiro atoms. The summed E-state index contributed by atoms with van der Waals surface area (Å²) in [6, 6.07) is 13.0.